The Balaban J connectivity index is 1.90. The third kappa shape index (κ3) is 4.56. The van der Waals surface area contributed by atoms with Gasteiger partial charge in [-0.3, -0.25) is 0 Å². The van der Waals surface area contributed by atoms with E-state index in [0.717, 1.165) is 16.6 Å². The number of halogens is 1. The van der Waals surface area contributed by atoms with Gasteiger partial charge in [-0.15, -0.1) is 0 Å². The molecule has 1 aromatic heterocycles. The molecule has 0 aliphatic heterocycles. The number of rotatable bonds is 7. The van der Waals surface area contributed by atoms with Crippen LogP contribution in [-0.4, -0.2) is 30.2 Å². The molecule has 1 heterocycles. The monoisotopic (exact) mass is 337 g/mol. The lowest BCUT2D eigenvalue weighted by molar-refractivity contribution is 0.199. The average Bonchev–Trinajstić information content (AvgIpc) is 2.48. The third-order valence-corrected chi connectivity index (χ3v) is 3.19. The van der Waals surface area contributed by atoms with E-state index < -0.39 is 0 Å². The van der Waals surface area contributed by atoms with Crippen molar-refractivity contribution in [3.05, 3.63) is 46.7 Å². The summed E-state index contributed by atoms with van der Waals surface area (Å²) in [6.45, 7) is 2.19. The molecule has 20 heavy (non-hydrogen) atoms. The molecule has 0 saturated carbocycles. The summed E-state index contributed by atoms with van der Waals surface area (Å²) >= 11 is 3.41. The van der Waals surface area contributed by atoms with E-state index in [-0.39, 0.29) is 0 Å². The third-order valence-electron chi connectivity index (χ3n) is 2.53. The van der Waals surface area contributed by atoms with Crippen LogP contribution in [0.2, 0.25) is 0 Å². The highest BCUT2D eigenvalue weighted by molar-refractivity contribution is 9.10. The molecule has 0 atom stereocenters. The van der Waals surface area contributed by atoms with Gasteiger partial charge in [0.05, 0.1) is 11.1 Å². The van der Waals surface area contributed by atoms with Crippen LogP contribution >= 0.6 is 15.9 Å². The normalized spacial score (nSPS) is 10.5. The van der Waals surface area contributed by atoms with Crippen LogP contribution in [0.1, 0.15) is 5.56 Å². The topological polar surface area (TPSA) is 56.3 Å². The maximum absolute atomic E-state index is 5.60. The van der Waals surface area contributed by atoms with Crippen LogP contribution in [0, 0.1) is 0 Å². The van der Waals surface area contributed by atoms with Crippen molar-refractivity contribution in [2.24, 2.45) is 0 Å². The summed E-state index contributed by atoms with van der Waals surface area (Å²) in [5.74, 6) is 0.693. The van der Waals surface area contributed by atoms with Gasteiger partial charge in [0.15, 0.2) is 0 Å². The molecular weight excluding hydrogens is 322 g/mol. The number of hydrogen-bond acceptors (Lipinski definition) is 5. The van der Waals surface area contributed by atoms with Gasteiger partial charge in [-0.2, -0.15) is 0 Å². The van der Waals surface area contributed by atoms with E-state index in [1.54, 1.807) is 19.5 Å². The molecule has 0 spiro atoms. The van der Waals surface area contributed by atoms with Gasteiger partial charge in [0.25, 0.3) is 0 Å². The van der Waals surface area contributed by atoms with E-state index in [1.807, 2.05) is 24.3 Å². The van der Waals surface area contributed by atoms with Crippen molar-refractivity contribution in [2.45, 2.75) is 6.54 Å². The fraction of sp³-hybridized carbons (Fsp3) is 0.286. The SMILES string of the molecule is COCCNCc1cnc(Oc2ccccc2Br)nc1. The fourth-order valence-electron chi connectivity index (χ4n) is 1.52. The first kappa shape index (κ1) is 14.9. The van der Waals surface area contributed by atoms with Gasteiger partial charge in [-0.25, -0.2) is 9.97 Å². The molecule has 0 saturated heterocycles. The van der Waals surface area contributed by atoms with Gasteiger partial charge in [-0.1, -0.05) is 12.1 Å². The lowest BCUT2D eigenvalue weighted by atomic mass is 10.3. The van der Waals surface area contributed by atoms with Gasteiger partial charge >= 0.3 is 6.01 Å². The molecule has 2 aromatic rings. The van der Waals surface area contributed by atoms with Crippen LogP contribution in [0.15, 0.2) is 41.1 Å². The van der Waals surface area contributed by atoms with Crippen molar-refractivity contribution >= 4 is 15.9 Å². The molecular formula is C14H16BrN3O2. The number of benzene rings is 1. The summed E-state index contributed by atoms with van der Waals surface area (Å²) in [6.07, 6.45) is 3.50. The minimum absolute atomic E-state index is 0.331. The zero-order valence-corrected chi connectivity index (χ0v) is 12.8. The van der Waals surface area contributed by atoms with Crippen molar-refractivity contribution in [3.63, 3.8) is 0 Å². The predicted molar refractivity (Wildman–Crippen MR) is 79.8 cm³/mol. The predicted octanol–water partition coefficient (Wildman–Crippen LogP) is 2.77. The Bertz CT molecular complexity index is 534. The van der Waals surface area contributed by atoms with Crippen molar-refractivity contribution in [1.82, 2.24) is 15.3 Å². The standard InChI is InChI=1S/C14H16BrN3O2/c1-19-7-6-16-8-11-9-17-14(18-10-11)20-13-5-3-2-4-12(13)15/h2-5,9-10,16H,6-8H2,1H3. The number of ether oxygens (including phenoxy) is 2. The van der Waals surface area contributed by atoms with Crippen molar-refractivity contribution < 1.29 is 9.47 Å². The number of methoxy groups -OCH3 is 1. The Morgan fingerprint density at radius 2 is 1.95 bits per heavy atom. The largest absolute Gasteiger partial charge is 0.423 e. The molecule has 0 radical (unpaired) electrons. The summed E-state index contributed by atoms with van der Waals surface area (Å²) < 4.78 is 11.4. The summed E-state index contributed by atoms with van der Waals surface area (Å²) in [5.41, 5.74) is 1.00. The molecule has 0 fully saturated rings. The lowest BCUT2D eigenvalue weighted by Crippen LogP contribution is -2.18. The van der Waals surface area contributed by atoms with E-state index in [9.17, 15) is 0 Å². The number of para-hydroxylation sites is 1. The van der Waals surface area contributed by atoms with Crippen LogP contribution in [0.25, 0.3) is 0 Å². The summed E-state index contributed by atoms with van der Waals surface area (Å²) in [5, 5.41) is 3.23. The Labute approximate surface area is 126 Å². The van der Waals surface area contributed by atoms with Crippen LogP contribution in [-0.2, 0) is 11.3 Å². The van der Waals surface area contributed by atoms with Gasteiger partial charge in [-0.05, 0) is 28.1 Å². The molecule has 0 unspecified atom stereocenters. The highest BCUT2D eigenvalue weighted by Crippen LogP contribution is 2.27. The van der Waals surface area contributed by atoms with Crippen LogP contribution in [0.4, 0.5) is 0 Å². The molecule has 1 N–H and O–H groups in total. The maximum atomic E-state index is 5.60. The van der Waals surface area contributed by atoms with Gasteiger partial charge < -0.3 is 14.8 Å². The minimum atomic E-state index is 0.331. The van der Waals surface area contributed by atoms with E-state index in [1.165, 1.54) is 0 Å². The van der Waals surface area contributed by atoms with E-state index >= 15 is 0 Å². The molecule has 0 aliphatic carbocycles. The number of nitrogens with one attached hydrogen (secondary N) is 1. The molecule has 0 aliphatic rings. The Kier molecular flexibility index (Phi) is 5.91. The van der Waals surface area contributed by atoms with Gasteiger partial charge in [0.1, 0.15) is 5.75 Å². The highest BCUT2D eigenvalue weighted by Gasteiger charge is 2.04. The van der Waals surface area contributed by atoms with Crippen LogP contribution < -0.4 is 10.1 Å². The van der Waals surface area contributed by atoms with E-state index in [4.69, 9.17) is 9.47 Å². The Hall–Kier alpha value is -1.50. The summed E-state index contributed by atoms with van der Waals surface area (Å²) in [7, 11) is 1.68. The smallest absolute Gasteiger partial charge is 0.321 e. The first-order valence-corrected chi connectivity index (χ1v) is 7.02. The van der Waals surface area contributed by atoms with Gasteiger partial charge in [0, 0.05) is 38.2 Å². The van der Waals surface area contributed by atoms with Crippen molar-refractivity contribution in [1.29, 1.82) is 0 Å². The summed E-state index contributed by atoms with van der Waals surface area (Å²) in [6, 6.07) is 7.91. The molecule has 5 nitrogen and oxygen atoms in total. The van der Waals surface area contributed by atoms with E-state index in [2.05, 4.69) is 31.2 Å². The highest BCUT2D eigenvalue weighted by atomic mass is 79.9. The Morgan fingerprint density at radius 3 is 2.65 bits per heavy atom. The summed E-state index contributed by atoms with van der Waals surface area (Å²) in [4.78, 5) is 8.38. The lowest BCUT2D eigenvalue weighted by Gasteiger charge is -2.07. The minimum Gasteiger partial charge on any atom is -0.423 e. The first-order valence-electron chi connectivity index (χ1n) is 6.22. The molecule has 0 bridgehead atoms. The molecule has 1 aromatic carbocycles. The maximum Gasteiger partial charge on any atom is 0.321 e. The van der Waals surface area contributed by atoms with E-state index in [0.29, 0.717) is 24.9 Å². The second-order valence-corrected chi connectivity index (χ2v) is 4.93. The number of hydrogen-bond donors (Lipinski definition) is 1. The molecule has 106 valence electrons. The first-order chi connectivity index (χ1) is 9.79. The molecule has 0 amide bonds. The van der Waals surface area contributed by atoms with Crippen molar-refractivity contribution in [3.8, 4) is 11.8 Å². The van der Waals surface area contributed by atoms with Crippen LogP contribution in [0.3, 0.4) is 0 Å². The quantitative estimate of drug-likeness (QED) is 0.787. The molecule has 6 heteroatoms. The zero-order valence-electron chi connectivity index (χ0n) is 11.2. The second kappa shape index (κ2) is 7.94. The van der Waals surface area contributed by atoms with Gasteiger partial charge in [0.2, 0.25) is 0 Å². The fourth-order valence-corrected chi connectivity index (χ4v) is 1.89. The number of nitrogens with zero attached hydrogens (tertiary/aromatic N) is 2. The molecule has 2 rings (SSSR count). The zero-order chi connectivity index (χ0) is 14.2. The van der Waals surface area contributed by atoms with Crippen molar-refractivity contribution in [2.75, 3.05) is 20.3 Å². The van der Waals surface area contributed by atoms with Crippen LogP contribution in [0.5, 0.6) is 11.8 Å². The average molecular weight is 338 g/mol. The number of aromatic nitrogens is 2. The Morgan fingerprint density at radius 1 is 1.20 bits per heavy atom. The second-order valence-electron chi connectivity index (χ2n) is 4.08.